The van der Waals surface area contributed by atoms with E-state index in [0.29, 0.717) is 13.0 Å². The topological polar surface area (TPSA) is 110 Å². The first kappa shape index (κ1) is 27.8. The number of allylic oxidation sites excluding steroid dienone is 2. The number of phenols is 1. The van der Waals surface area contributed by atoms with Gasteiger partial charge < -0.3 is 9.84 Å². The molecule has 2 heterocycles. The Kier molecular flexibility index (Phi) is 7.41. The molecule has 0 bridgehead atoms. The number of fused-ring (bicyclic) bond motifs is 4. The van der Waals surface area contributed by atoms with Gasteiger partial charge in [0.25, 0.3) is 5.69 Å². The van der Waals surface area contributed by atoms with Gasteiger partial charge >= 0.3 is 0 Å². The number of anilines is 1. The first-order valence-corrected chi connectivity index (χ1v) is 14.7. The Labute approximate surface area is 244 Å². The minimum atomic E-state index is -0.519. The number of non-ortho nitro benzene ring substituents is 1. The van der Waals surface area contributed by atoms with Gasteiger partial charge in [-0.3, -0.25) is 19.7 Å². The molecule has 3 aliphatic rings. The molecule has 8 nitrogen and oxygen atoms in total. The van der Waals surface area contributed by atoms with Crippen LogP contribution in [0.4, 0.5) is 11.4 Å². The highest BCUT2D eigenvalue weighted by atomic mass is 16.6. The van der Waals surface area contributed by atoms with E-state index in [1.165, 1.54) is 34.9 Å². The van der Waals surface area contributed by atoms with Crippen LogP contribution in [0.2, 0.25) is 0 Å². The summed E-state index contributed by atoms with van der Waals surface area (Å²) in [6.45, 7) is 4.61. The van der Waals surface area contributed by atoms with Gasteiger partial charge in [0, 0.05) is 23.4 Å². The van der Waals surface area contributed by atoms with Gasteiger partial charge in [0.05, 0.1) is 35.2 Å². The average molecular weight is 567 g/mol. The molecule has 3 aromatic carbocycles. The number of hydrogen-bond acceptors (Lipinski definition) is 6. The second-order valence-corrected chi connectivity index (χ2v) is 11.4. The van der Waals surface area contributed by atoms with Crippen molar-refractivity contribution >= 4 is 40.0 Å². The van der Waals surface area contributed by atoms with Crippen LogP contribution < -0.4 is 4.90 Å². The van der Waals surface area contributed by atoms with E-state index in [4.69, 9.17) is 4.74 Å². The molecule has 2 fully saturated rings. The van der Waals surface area contributed by atoms with Crippen molar-refractivity contribution < 1.29 is 24.4 Å². The highest BCUT2D eigenvalue weighted by molar-refractivity contribution is 6.22. The molecule has 1 aliphatic carbocycles. The molecule has 6 rings (SSSR count). The Balaban J connectivity index is 1.24. The molecule has 2 amide bonds. The van der Waals surface area contributed by atoms with Crippen molar-refractivity contribution in [2.45, 2.75) is 52.1 Å². The van der Waals surface area contributed by atoms with E-state index in [1.807, 2.05) is 30.3 Å². The van der Waals surface area contributed by atoms with Crippen LogP contribution in [0.5, 0.6) is 5.75 Å². The van der Waals surface area contributed by atoms with Crippen LogP contribution >= 0.6 is 0 Å². The standard InChI is InChI=1S/C34H34N2O6/c1-3-20(16-22-13-14-29(37)26-11-6-5-10-25(22)26)12-15-30-31-21(4-2)17-27-32(28(31)19-42-30)34(39)35(33(27)38)23-8-7-9-24(18-23)36(40)41/h5-11,13-14,16,18,27-28,30,32,37H,3-4,12,15,17,19H2,1-2H3/b20-16+/t27-,28+,30-,32-/m1/s1. The number of nitro benzene ring substituents is 1. The quantitative estimate of drug-likeness (QED) is 0.137. The molecule has 0 saturated carbocycles. The van der Waals surface area contributed by atoms with Gasteiger partial charge in [-0.25, -0.2) is 4.90 Å². The van der Waals surface area contributed by atoms with E-state index in [0.717, 1.165) is 46.9 Å². The molecule has 0 spiro atoms. The molecule has 4 atom stereocenters. The molecule has 0 unspecified atom stereocenters. The number of carbonyl (C=O) groups is 2. The molecule has 1 N–H and O–H groups in total. The number of nitro groups is 1. The SMILES string of the molecule is CCC1=C2[C@@H](CC/C(=C/c3ccc(O)c4ccccc34)CC)OC[C@@H]2[C@@H]2C(=O)N(c3cccc([N+](=O)[O-])c3)C(=O)[C@@H]2C1. The third-order valence-electron chi connectivity index (χ3n) is 9.21. The van der Waals surface area contributed by atoms with Gasteiger partial charge in [-0.05, 0) is 60.8 Å². The Morgan fingerprint density at radius 1 is 1.05 bits per heavy atom. The Bertz CT molecular complexity index is 1660. The summed E-state index contributed by atoms with van der Waals surface area (Å²) in [7, 11) is 0. The summed E-state index contributed by atoms with van der Waals surface area (Å²) >= 11 is 0. The van der Waals surface area contributed by atoms with Crippen LogP contribution in [0.25, 0.3) is 16.8 Å². The molecule has 216 valence electrons. The minimum Gasteiger partial charge on any atom is -0.507 e. The summed E-state index contributed by atoms with van der Waals surface area (Å²) in [6.07, 6.45) is 5.86. The number of benzene rings is 3. The van der Waals surface area contributed by atoms with Gasteiger partial charge in [-0.15, -0.1) is 0 Å². The number of phenolic OH excluding ortho intramolecular Hbond substituents is 1. The summed E-state index contributed by atoms with van der Waals surface area (Å²) in [4.78, 5) is 39.3. The van der Waals surface area contributed by atoms with Crippen LogP contribution in [-0.2, 0) is 14.3 Å². The van der Waals surface area contributed by atoms with Gasteiger partial charge in [-0.1, -0.05) is 67.5 Å². The van der Waals surface area contributed by atoms with Gasteiger partial charge in [0.1, 0.15) is 5.75 Å². The lowest BCUT2D eigenvalue weighted by atomic mass is 9.69. The van der Waals surface area contributed by atoms with E-state index in [1.54, 1.807) is 12.1 Å². The third-order valence-corrected chi connectivity index (χ3v) is 9.21. The monoisotopic (exact) mass is 566 g/mol. The molecular weight excluding hydrogens is 532 g/mol. The molecule has 2 saturated heterocycles. The lowest BCUT2D eigenvalue weighted by molar-refractivity contribution is -0.384. The number of amides is 2. The number of rotatable bonds is 8. The Morgan fingerprint density at radius 2 is 1.83 bits per heavy atom. The van der Waals surface area contributed by atoms with E-state index in [-0.39, 0.29) is 41.0 Å². The summed E-state index contributed by atoms with van der Waals surface area (Å²) < 4.78 is 6.36. The van der Waals surface area contributed by atoms with Crippen LogP contribution in [0.1, 0.15) is 51.5 Å². The lowest BCUT2D eigenvalue weighted by Gasteiger charge is -2.31. The van der Waals surface area contributed by atoms with Crippen LogP contribution in [0.3, 0.4) is 0 Å². The molecular formula is C34H34N2O6. The second-order valence-electron chi connectivity index (χ2n) is 11.4. The smallest absolute Gasteiger partial charge is 0.271 e. The van der Waals surface area contributed by atoms with Crippen LogP contribution in [-0.4, -0.2) is 34.6 Å². The Hall–Kier alpha value is -4.30. The highest BCUT2D eigenvalue weighted by Crippen LogP contribution is 2.51. The fraction of sp³-hybridized carbons (Fsp3) is 0.353. The molecule has 0 radical (unpaired) electrons. The van der Waals surface area contributed by atoms with E-state index in [2.05, 4.69) is 19.9 Å². The van der Waals surface area contributed by atoms with Crippen molar-refractivity contribution in [3.8, 4) is 5.75 Å². The maximum Gasteiger partial charge on any atom is 0.271 e. The van der Waals surface area contributed by atoms with Gasteiger partial charge in [-0.2, -0.15) is 0 Å². The number of ether oxygens (including phenoxy) is 1. The van der Waals surface area contributed by atoms with Crippen molar-refractivity contribution in [1.82, 2.24) is 0 Å². The lowest BCUT2D eigenvalue weighted by Crippen LogP contribution is -2.34. The van der Waals surface area contributed by atoms with Crippen molar-refractivity contribution in [3.63, 3.8) is 0 Å². The predicted molar refractivity (Wildman–Crippen MR) is 161 cm³/mol. The highest BCUT2D eigenvalue weighted by Gasteiger charge is 2.57. The van der Waals surface area contributed by atoms with Crippen molar-refractivity contribution in [2.24, 2.45) is 17.8 Å². The largest absolute Gasteiger partial charge is 0.507 e. The zero-order chi connectivity index (χ0) is 29.5. The van der Waals surface area contributed by atoms with E-state index >= 15 is 0 Å². The van der Waals surface area contributed by atoms with Crippen LogP contribution in [0.15, 0.2) is 77.4 Å². The molecule has 42 heavy (non-hydrogen) atoms. The zero-order valence-electron chi connectivity index (χ0n) is 23.8. The van der Waals surface area contributed by atoms with Crippen LogP contribution in [0, 0.1) is 27.9 Å². The van der Waals surface area contributed by atoms with Crippen molar-refractivity contribution in [2.75, 3.05) is 11.5 Å². The number of hydrogen-bond donors (Lipinski definition) is 1. The van der Waals surface area contributed by atoms with E-state index in [9.17, 15) is 24.8 Å². The third kappa shape index (κ3) is 4.69. The molecule has 2 aliphatic heterocycles. The summed E-state index contributed by atoms with van der Waals surface area (Å²) in [5.74, 6) is -1.46. The molecule has 3 aromatic rings. The summed E-state index contributed by atoms with van der Waals surface area (Å²) in [5.41, 5.74) is 4.80. The molecule has 0 aromatic heterocycles. The number of aromatic hydroxyl groups is 1. The fourth-order valence-electron chi connectivity index (χ4n) is 7.13. The predicted octanol–water partition coefficient (Wildman–Crippen LogP) is 6.96. The van der Waals surface area contributed by atoms with E-state index < -0.39 is 16.8 Å². The van der Waals surface area contributed by atoms with Gasteiger partial charge in [0.15, 0.2) is 0 Å². The number of nitrogens with zero attached hydrogens (tertiary/aromatic N) is 2. The zero-order valence-corrected chi connectivity index (χ0v) is 23.8. The average Bonchev–Trinajstić information content (AvgIpc) is 3.54. The summed E-state index contributed by atoms with van der Waals surface area (Å²) in [6, 6.07) is 17.3. The maximum atomic E-state index is 13.8. The summed E-state index contributed by atoms with van der Waals surface area (Å²) in [5, 5.41) is 23.5. The number of imide groups is 1. The second kappa shape index (κ2) is 11.2. The fourth-order valence-corrected chi connectivity index (χ4v) is 7.13. The first-order chi connectivity index (χ1) is 20.3. The minimum absolute atomic E-state index is 0.118. The first-order valence-electron chi connectivity index (χ1n) is 14.7. The maximum absolute atomic E-state index is 13.8. The van der Waals surface area contributed by atoms with Crippen molar-refractivity contribution in [3.05, 3.63) is 93.1 Å². The normalized spacial score (nSPS) is 24.0. The number of carbonyl (C=O) groups excluding carboxylic acids is 2. The Morgan fingerprint density at radius 3 is 2.57 bits per heavy atom. The van der Waals surface area contributed by atoms with Crippen molar-refractivity contribution in [1.29, 1.82) is 0 Å². The molecule has 8 heteroatoms. The van der Waals surface area contributed by atoms with Gasteiger partial charge in [0.2, 0.25) is 11.8 Å².